The van der Waals surface area contributed by atoms with E-state index in [1.54, 1.807) is 18.2 Å². The van der Waals surface area contributed by atoms with Crippen LogP contribution in [0.2, 0.25) is 5.02 Å². The summed E-state index contributed by atoms with van der Waals surface area (Å²) >= 11 is 6.03. The average molecular weight is 374 g/mol. The van der Waals surface area contributed by atoms with Gasteiger partial charge in [-0.1, -0.05) is 29.8 Å². The van der Waals surface area contributed by atoms with Gasteiger partial charge in [0.15, 0.2) is 5.60 Å². The van der Waals surface area contributed by atoms with Crippen LogP contribution < -0.4 is 9.64 Å². The average Bonchev–Trinajstić information content (AvgIpc) is 2.80. The topological polar surface area (TPSA) is 66.8 Å². The van der Waals surface area contributed by atoms with Crippen LogP contribution in [0.1, 0.15) is 25.3 Å². The second kappa shape index (κ2) is 7.48. The molecule has 5 nitrogen and oxygen atoms in total. The van der Waals surface area contributed by atoms with Crippen molar-refractivity contribution in [1.82, 2.24) is 0 Å². The van der Waals surface area contributed by atoms with E-state index in [9.17, 15) is 14.7 Å². The first-order valence-electron chi connectivity index (χ1n) is 8.43. The Morgan fingerprint density at radius 3 is 2.65 bits per heavy atom. The van der Waals surface area contributed by atoms with Gasteiger partial charge in [0.25, 0.3) is 5.91 Å². The number of benzene rings is 2. The summed E-state index contributed by atoms with van der Waals surface area (Å²) in [6.07, 6.45) is 0.315. The largest absolute Gasteiger partial charge is 0.494 e. The number of ether oxygens (including phenoxy) is 1. The minimum absolute atomic E-state index is 0.263. The number of rotatable bonds is 7. The van der Waals surface area contributed by atoms with Crippen molar-refractivity contribution >= 4 is 29.0 Å². The summed E-state index contributed by atoms with van der Waals surface area (Å²) in [4.78, 5) is 25.9. The molecule has 1 atom stereocenters. The van der Waals surface area contributed by atoms with Crippen LogP contribution in [0.25, 0.3) is 0 Å². The van der Waals surface area contributed by atoms with Gasteiger partial charge in [-0.15, -0.1) is 0 Å². The zero-order valence-corrected chi connectivity index (χ0v) is 15.2. The maximum atomic E-state index is 12.8. The number of hydrogen-bond acceptors (Lipinski definition) is 4. The number of halogens is 1. The van der Waals surface area contributed by atoms with Crippen LogP contribution in [0.4, 0.5) is 5.69 Å². The molecule has 0 aromatic heterocycles. The van der Waals surface area contributed by atoms with Gasteiger partial charge in [-0.3, -0.25) is 9.59 Å². The molecule has 1 heterocycles. The van der Waals surface area contributed by atoms with Gasteiger partial charge in [0.05, 0.1) is 12.3 Å². The SMILES string of the molecule is CC(=O)CC1(O)C(=O)N(CCCOc2ccccc2)c2ccc(Cl)cc21. The molecule has 0 bridgehead atoms. The third kappa shape index (κ3) is 3.59. The highest BCUT2D eigenvalue weighted by Gasteiger charge is 2.50. The van der Waals surface area contributed by atoms with Crippen molar-refractivity contribution in [2.45, 2.75) is 25.4 Å². The Morgan fingerprint density at radius 1 is 1.23 bits per heavy atom. The number of hydrogen-bond donors (Lipinski definition) is 1. The first kappa shape index (κ1) is 18.4. The van der Waals surface area contributed by atoms with Crippen molar-refractivity contribution in [2.24, 2.45) is 0 Å². The fourth-order valence-corrected chi connectivity index (χ4v) is 3.38. The van der Waals surface area contributed by atoms with Gasteiger partial charge in [0, 0.05) is 23.6 Å². The van der Waals surface area contributed by atoms with Gasteiger partial charge in [-0.25, -0.2) is 0 Å². The minimum atomic E-state index is -1.85. The lowest BCUT2D eigenvalue weighted by Gasteiger charge is -2.22. The molecule has 1 aliphatic heterocycles. The van der Waals surface area contributed by atoms with Crippen LogP contribution in [0.5, 0.6) is 5.75 Å². The molecule has 26 heavy (non-hydrogen) atoms. The predicted molar refractivity (Wildman–Crippen MR) is 99.6 cm³/mol. The zero-order valence-electron chi connectivity index (χ0n) is 14.4. The number of ketones is 1. The molecule has 1 amide bonds. The highest BCUT2D eigenvalue weighted by molar-refractivity contribution is 6.31. The summed E-state index contributed by atoms with van der Waals surface area (Å²) in [5.74, 6) is 0.00577. The first-order chi connectivity index (χ1) is 12.4. The molecular weight excluding hydrogens is 354 g/mol. The van der Waals surface area contributed by atoms with E-state index < -0.39 is 11.5 Å². The molecule has 0 aliphatic carbocycles. The Labute approximate surface area is 157 Å². The second-order valence-corrected chi connectivity index (χ2v) is 6.81. The maximum absolute atomic E-state index is 12.8. The van der Waals surface area contributed by atoms with E-state index >= 15 is 0 Å². The zero-order chi connectivity index (χ0) is 18.7. The lowest BCUT2D eigenvalue weighted by molar-refractivity contribution is -0.141. The van der Waals surface area contributed by atoms with E-state index in [4.69, 9.17) is 16.3 Å². The second-order valence-electron chi connectivity index (χ2n) is 6.37. The maximum Gasteiger partial charge on any atom is 0.264 e. The molecular formula is C20H20ClNO4. The number of aliphatic hydroxyl groups is 1. The van der Waals surface area contributed by atoms with Gasteiger partial charge in [0.2, 0.25) is 0 Å². The first-order valence-corrected chi connectivity index (χ1v) is 8.81. The summed E-state index contributed by atoms with van der Waals surface area (Å²) in [6.45, 7) is 2.16. The van der Waals surface area contributed by atoms with E-state index in [0.717, 1.165) is 5.75 Å². The number of Topliss-reactive ketones (excluding diaryl/α,β-unsaturated/α-hetero) is 1. The lowest BCUT2D eigenvalue weighted by Crippen LogP contribution is -2.42. The third-order valence-electron chi connectivity index (χ3n) is 4.34. The Balaban J connectivity index is 1.73. The molecule has 0 fully saturated rings. The van der Waals surface area contributed by atoms with Crippen LogP contribution in [-0.2, 0) is 15.2 Å². The smallest absolute Gasteiger partial charge is 0.264 e. The molecule has 1 N–H and O–H groups in total. The molecule has 0 saturated carbocycles. The van der Waals surface area contributed by atoms with Gasteiger partial charge in [-0.2, -0.15) is 0 Å². The van der Waals surface area contributed by atoms with Crippen molar-refractivity contribution in [3.63, 3.8) is 0 Å². The van der Waals surface area contributed by atoms with E-state index in [-0.39, 0.29) is 12.2 Å². The van der Waals surface area contributed by atoms with Crippen LogP contribution in [0, 0.1) is 0 Å². The highest BCUT2D eigenvalue weighted by atomic mass is 35.5. The third-order valence-corrected chi connectivity index (χ3v) is 4.57. The standard InChI is InChI=1S/C20H20ClNO4/c1-14(23)13-20(25)17-12-15(21)8-9-18(17)22(19(20)24)10-5-11-26-16-6-3-2-4-7-16/h2-4,6-9,12,25H,5,10-11,13H2,1H3. The Bertz CT molecular complexity index is 824. The van der Waals surface area contributed by atoms with Gasteiger partial charge >= 0.3 is 0 Å². The Morgan fingerprint density at radius 2 is 1.96 bits per heavy atom. The predicted octanol–water partition coefficient (Wildman–Crippen LogP) is 3.32. The van der Waals surface area contributed by atoms with E-state index in [1.165, 1.54) is 11.8 Å². The fraction of sp³-hybridized carbons (Fsp3) is 0.300. The van der Waals surface area contributed by atoms with Gasteiger partial charge < -0.3 is 14.7 Å². The molecule has 2 aromatic carbocycles. The molecule has 136 valence electrons. The van der Waals surface area contributed by atoms with Crippen LogP contribution in [-0.4, -0.2) is 29.9 Å². The number of anilines is 1. The summed E-state index contributed by atoms with van der Waals surface area (Å²) in [5, 5.41) is 11.3. The summed E-state index contributed by atoms with van der Waals surface area (Å²) < 4.78 is 5.65. The number of amides is 1. The van der Waals surface area contributed by atoms with E-state index in [2.05, 4.69) is 0 Å². The Kier molecular flexibility index (Phi) is 5.30. The van der Waals surface area contributed by atoms with Crippen LogP contribution in [0.3, 0.4) is 0 Å². The van der Waals surface area contributed by atoms with Gasteiger partial charge in [0.1, 0.15) is 11.5 Å². The summed E-state index contributed by atoms with van der Waals surface area (Å²) in [5.41, 5.74) is -0.885. The molecule has 1 unspecified atom stereocenters. The normalized spacial score (nSPS) is 18.7. The van der Waals surface area contributed by atoms with Gasteiger partial charge in [-0.05, 0) is 43.7 Å². The number of fused-ring (bicyclic) bond motifs is 1. The number of carbonyl (C=O) groups excluding carboxylic acids is 2. The van der Waals surface area contributed by atoms with Crippen molar-refractivity contribution in [3.8, 4) is 5.75 Å². The van der Waals surface area contributed by atoms with Crippen molar-refractivity contribution < 1.29 is 19.4 Å². The molecule has 6 heteroatoms. The fourth-order valence-electron chi connectivity index (χ4n) is 3.21. The monoisotopic (exact) mass is 373 g/mol. The summed E-state index contributed by atoms with van der Waals surface area (Å²) in [6, 6.07) is 14.3. The molecule has 0 spiro atoms. The molecule has 1 aliphatic rings. The van der Waals surface area contributed by atoms with Crippen LogP contribution >= 0.6 is 11.6 Å². The highest BCUT2D eigenvalue weighted by Crippen LogP contribution is 2.43. The Hall–Kier alpha value is -2.37. The van der Waals surface area contributed by atoms with Crippen LogP contribution in [0.15, 0.2) is 48.5 Å². The van der Waals surface area contributed by atoms with Crippen molar-refractivity contribution in [1.29, 1.82) is 0 Å². The van der Waals surface area contributed by atoms with Crippen molar-refractivity contribution in [2.75, 3.05) is 18.1 Å². The summed E-state index contributed by atoms with van der Waals surface area (Å²) in [7, 11) is 0. The minimum Gasteiger partial charge on any atom is -0.494 e. The number of nitrogens with zero attached hydrogens (tertiary/aromatic N) is 1. The molecule has 3 rings (SSSR count). The molecule has 0 radical (unpaired) electrons. The van der Waals surface area contributed by atoms with Crippen molar-refractivity contribution in [3.05, 3.63) is 59.1 Å². The van der Waals surface area contributed by atoms with E-state index in [1.807, 2.05) is 30.3 Å². The number of para-hydroxylation sites is 1. The quantitative estimate of drug-likeness (QED) is 0.756. The molecule has 0 saturated heterocycles. The lowest BCUT2D eigenvalue weighted by atomic mass is 9.90. The van der Waals surface area contributed by atoms with E-state index in [0.29, 0.717) is 35.8 Å². The molecule has 2 aromatic rings. The number of carbonyl (C=O) groups is 2.